The Morgan fingerprint density at radius 2 is 2.14 bits per heavy atom. The maximum absolute atomic E-state index is 4.49. The molecule has 14 heavy (non-hydrogen) atoms. The summed E-state index contributed by atoms with van der Waals surface area (Å²) in [7, 11) is 0. The normalized spacial score (nSPS) is 15.2. The smallest absolute Gasteiger partial charge is 0.0438 e. The zero-order valence-electron chi connectivity index (χ0n) is 9.05. The highest BCUT2D eigenvalue weighted by atomic mass is 14.7. The first kappa shape index (κ1) is 9.70. The number of pyridine rings is 1. The van der Waals surface area contributed by atoms with Gasteiger partial charge in [0.05, 0.1) is 0 Å². The lowest BCUT2D eigenvalue weighted by molar-refractivity contribution is 0.655. The van der Waals surface area contributed by atoms with Crippen LogP contribution < -0.4 is 0 Å². The second-order valence-corrected chi connectivity index (χ2v) is 4.21. The van der Waals surface area contributed by atoms with Gasteiger partial charge in [-0.05, 0) is 55.7 Å². The molecule has 1 heteroatoms. The molecule has 76 valence electrons. The van der Waals surface area contributed by atoms with Gasteiger partial charge >= 0.3 is 0 Å². The van der Waals surface area contributed by atoms with E-state index in [9.17, 15) is 0 Å². The Balaban J connectivity index is 2.21. The molecule has 0 aliphatic heterocycles. The summed E-state index contributed by atoms with van der Waals surface area (Å²) >= 11 is 0. The predicted molar refractivity (Wildman–Crippen MR) is 59.5 cm³/mol. The van der Waals surface area contributed by atoms with Crippen molar-refractivity contribution in [2.75, 3.05) is 0 Å². The van der Waals surface area contributed by atoms with Crippen molar-refractivity contribution in [3.8, 4) is 0 Å². The van der Waals surface area contributed by atoms with E-state index >= 15 is 0 Å². The first-order valence-corrected chi connectivity index (χ1v) is 5.87. The van der Waals surface area contributed by atoms with Gasteiger partial charge in [0, 0.05) is 11.9 Å². The Hall–Kier alpha value is -0.850. The average Bonchev–Trinajstić information content (AvgIpc) is 2.26. The molecule has 0 saturated carbocycles. The van der Waals surface area contributed by atoms with E-state index in [-0.39, 0.29) is 0 Å². The van der Waals surface area contributed by atoms with E-state index in [1.165, 1.54) is 50.6 Å². The number of rotatable bonds is 3. The van der Waals surface area contributed by atoms with Gasteiger partial charge in [0.15, 0.2) is 0 Å². The van der Waals surface area contributed by atoms with E-state index in [0.29, 0.717) is 0 Å². The Morgan fingerprint density at radius 1 is 1.29 bits per heavy atom. The molecule has 1 aromatic rings. The molecule has 0 aromatic carbocycles. The van der Waals surface area contributed by atoms with Crippen LogP contribution in [0.4, 0.5) is 0 Å². The molecule has 2 rings (SSSR count). The first-order valence-electron chi connectivity index (χ1n) is 5.87. The summed E-state index contributed by atoms with van der Waals surface area (Å²) in [6, 6.07) is 2.22. The van der Waals surface area contributed by atoms with E-state index in [1.807, 2.05) is 6.20 Å². The van der Waals surface area contributed by atoms with Crippen molar-refractivity contribution in [1.82, 2.24) is 4.98 Å². The molecule has 0 saturated heterocycles. The summed E-state index contributed by atoms with van der Waals surface area (Å²) in [6.45, 7) is 2.26. The fraction of sp³-hybridized carbons (Fsp3) is 0.615. The third-order valence-corrected chi connectivity index (χ3v) is 3.13. The van der Waals surface area contributed by atoms with Crippen LogP contribution in [0.2, 0.25) is 0 Å². The number of hydrogen-bond donors (Lipinski definition) is 0. The number of hydrogen-bond acceptors (Lipinski definition) is 1. The van der Waals surface area contributed by atoms with Crippen molar-refractivity contribution in [2.45, 2.75) is 51.9 Å². The van der Waals surface area contributed by atoms with Crippen LogP contribution in [-0.2, 0) is 19.3 Å². The number of aryl methyl sites for hydroxylation is 2. The van der Waals surface area contributed by atoms with Gasteiger partial charge in [-0.1, -0.05) is 13.3 Å². The molecular weight excluding hydrogens is 170 g/mol. The van der Waals surface area contributed by atoms with E-state index in [1.54, 1.807) is 11.1 Å². The molecule has 1 aliphatic rings. The van der Waals surface area contributed by atoms with Crippen LogP contribution in [0.15, 0.2) is 12.3 Å². The number of nitrogens with zero attached hydrogens (tertiary/aromatic N) is 1. The van der Waals surface area contributed by atoms with Gasteiger partial charge in [-0.25, -0.2) is 0 Å². The van der Waals surface area contributed by atoms with Gasteiger partial charge in [-0.2, -0.15) is 0 Å². The van der Waals surface area contributed by atoms with E-state index in [4.69, 9.17) is 0 Å². The largest absolute Gasteiger partial charge is 0.261 e. The molecule has 0 unspecified atom stereocenters. The molecule has 0 bridgehead atoms. The Kier molecular flexibility index (Phi) is 3.18. The second kappa shape index (κ2) is 4.59. The van der Waals surface area contributed by atoms with Crippen molar-refractivity contribution in [3.63, 3.8) is 0 Å². The average molecular weight is 189 g/mol. The maximum Gasteiger partial charge on any atom is 0.0438 e. The highest BCUT2D eigenvalue weighted by Gasteiger charge is 2.13. The van der Waals surface area contributed by atoms with Gasteiger partial charge in [0.2, 0.25) is 0 Å². The summed E-state index contributed by atoms with van der Waals surface area (Å²) in [5.41, 5.74) is 4.52. The quantitative estimate of drug-likeness (QED) is 0.711. The molecule has 0 atom stereocenters. The highest BCUT2D eigenvalue weighted by molar-refractivity contribution is 5.32. The topological polar surface area (TPSA) is 12.9 Å². The zero-order chi connectivity index (χ0) is 9.80. The van der Waals surface area contributed by atoms with Crippen LogP contribution in [0.3, 0.4) is 0 Å². The molecule has 0 spiro atoms. The van der Waals surface area contributed by atoms with Gasteiger partial charge in [-0.15, -0.1) is 0 Å². The second-order valence-electron chi connectivity index (χ2n) is 4.21. The van der Waals surface area contributed by atoms with Crippen LogP contribution >= 0.6 is 0 Å². The van der Waals surface area contributed by atoms with E-state index in [2.05, 4.69) is 18.0 Å². The fourth-order valence-corrected chi connectivity index (χ4v) is 2.30. The molecule has 0 amide bonds. The lowest BCUT2D eigenvalue weighted by Crippen LogP contribution is -2.08. The predicted octanol–water partition coefficient (Wildman–Crippen LogP) is 3.30. The van der Waals surface area contributed by atoms with Gasteiger partial charge in [0.1, 0.15) is 0 Å². The van der Waals surface area contributed by atoms with E-state index in [0.717, 1.165) is 0 Å². The molecule has 0 radical (unpaired) electrons. The van der Waals surface area contributed by atoms with Crippen molar-refractivity contribution in [1.29, 1.82) is 0 Å². The molecule has 0 fully saturated rings. The monoisotopic (exact) mass is 189 g/mol. The fourth-order valence-electron chi connectivity index (χ4n) is 2.30. The molecule has 0 N–H and O–H groups in total. The van der Waals surface area contributed by atoms with Crippen molar-refractivity contribution >= 4 is 0 Å². The summed E-state index contributed by atoms with van der Waals surface area (Å²) in [4.78, 5) is 4.49. The Bertz CT molecular complexity index is 304. The summed E-state index contributed by atoms with van der Waals surface area (Å²) < 4.78 is 0. The van der Waals surface area contributed by atoms with Gasteiger partial charge in [-0.3, -0.25) is 4.98 Å². The standard InChI is InChI=1S/C13H19N/c1-2-3-6-11-9-10-14-13-8-5-4-7-12(11)13/h9-10H,2-8H2,1H3. The minimum absolute atomic E-state index is 1.20. The molecule has 1 aliphatic carbocycles. The van der Waals surface area contributed by atoms with E-state index < -0.39 is 0 Å². The van der Waals surface area contributed by atoms with Crippen LogP contribution in [0.5, 0.6) is 0 Å². The van der Waals surface area contributed by atoms with Crippen molar-refractivity contribution in [3.05, 3.63) is 29.1 Å². The number of unbranched alkanes of at least 4 members (excludes halogenated alkanes) is 1. The van der Waals surface area contributed by atoms with Crippen LogP contribution in [0.25, 0.3) is 0 Å². The van der Waals surface area contributed by atoms with Crippen LogP contribution in [0.1, 0.15) is 49.4 Å². The van der Waals surface area contributed by atoms with Gasteiger partial charge < -0.3 is 0 Å². The third kappa shape index (κ3) is 1.97. The number of fused-ring (bicyclic) bond motifs is 1. The number of aromatic nitrogens is 1. The SMILES string of the molecule is CCCCc1ccnc2c1CCCC2. The first-order chi connectivity index (χ1) is 6.92. The molecule has 1 aromatic heterocycles. The summed E-state index contributed by atoms with van der Waals surface area (Å²) in [6.07, 6.45) is 11.0. The summed E-state index contributed by atoms with van der Waals surface area (Å²) in [5.74, 6) is 0. The van der Waals surface area contributed by atoms with Gasteiger partial charge in [0.25, 0.3) is 0 Å². The third-order valence-electron chi connectivity index (χ3n) is 3.13. The van der Waals surface area contributed by atoms with Crippen LogP contribution in [-0.4, -0.2) is 4.98 Å². The lowest BCUT2D eigenvalue weighted by Gasteiger charge is -2.17. The Morgan fingerprint density at radius 3 is 3.00 bits per heavy atom. The maximum atomic E-state index is 4.49. The molecule has 1 heterocycles. The summed E-state index contributed by atoms with van der Waals surface area (Å²) in [5, 5.41) is 0. The molecular formula is C13H19N. The zero-order valence-corrected chi connectivity index (χ0v) is 9.05. The van der Waals surface area contributed by atoms with Crippen molar-refractivity contribution < 1.29 is 0 Å². The minimum atomic E-state index is 1.20. The minimum Gasteiger partial charge on any atom is -0.261 e. The molecule has 1 nitrogen and oxygen atoms in total. The van der Waals surface area contributed by atoms with Crippen LogP contribution in [0, 0.1) is 0 Å². The lowest BCUT2D eigenvalue weighted by atomic mass is 9.90. The highest BCUT2D eigenvalue weighted by Crippen LogP contribution is 2.23. The van der Waals surface area contributed by atoms with Crippen molar-refractivity contribution in [2.24, 2.45) is 0 Å². The Labute approximate surface area is 86.6 Å².